The van der Waals surface area contributed by atoms with Gasteiger partial charge in [0.15, 0.2) is 0 Å². The summed E-state index contributed by atoms with van der Waals surface area (Å²) in [6.45, 7) is 1.58. The Hall–Kier alpha value is -1.82. The van der Waals surface area contributed by atoms with Crippen LogP contribution < -0.4 is 5.73 Å². The van der Waals surface area contributed by atoms with E-state index < -0.39 is 17.7 Å². The van der Waals surface area contributed by atoms with Crippen LogP contribution in [0.5, 0.6) is 0 Å². The third kappa shape index (κ3) is 2.24. The molecule has 6 heteroatoms. The van der Waals surface area contributed by atoms with Crippen LogP contribution >= 0.6 is 0 Å². The first kappa shape index (κ1) is 12.6. The molecule has 1 atom stereocenters. The van der Waals surface area contributed by atoms with Crippen LogP contribution in [-0.4, -0.2) is 14.8 Å². The molecule has 2 N–H and O–H groups in total. The Morgan fingerprint density at radius 3 is 2.72 bits per heavy atom. The number of rotatable bonds is 3. The molecule has 1 aromatic carbocycles. The van der Waals surface area contributed by atoms with Crippen molar-refractivity contribution >= 4 is 0 Å². The van der Waals surface area contributed by atoms with Gasteiger partial charge in [0, 0.05) is 25.1 Å². The highest BCUT2D eigenvalue weighted by Gasteiger charge is 2.20. The van der Waals surface area contributed by atoms with E-state index >= 15 is 0 Å². The molecular weight excluding hydrogens is 238 g/mol. The smallest absolute Gasteiger partial charge is 0.138 e. The van der Waals surface area contributed by atoms with Gasteiger partial charge in [0.2, 0.25) is 0 Å². The summed E-state index contributed by atoms with van der Waals surface area (Å²) in [7, 11) is 1.71. The average Bonchev–Trinajstić information content (AvgIpc) is 2.70. The maximum Gasteiger partial charge on any atom is 0.138 e. The largest absolute Gasteiger partial charge is 0.323 e. The molecule has 2 rings (SSSR count). The van der Waals surface area contributed by atoms with Gasteiger partial charge in [-0.1, -0.05) is 6.07 Å². The van der Waals surface area contributed by atoms with Crippen LogP contribution in [0.4, 0.5) is 8.78 Å². The maximum absolute atomic E-state index is 13.9. The van der Waals surface area contributed by atoms with Gasteiger partial charge in [-0.15, -0.1) is 0 Å². The summed E-state index contributed by atoms with van der Waals surface area (Å²) in [5.74, 6) is -0.639. The molecule has 0 amide bonds. The second-order valence-corrected chi connectivity index (χ2v) is 4.20. The molecule has 0 radical (unpaired) electrons. The summed E-state index contributed by atoms with van der Waals surface area (Å²) in [4.78, 5) is 3.99. The molecule has 0 aliphatic carbocycles. The van der Waals surface area contributed by atoms with E-state index in [1.165, 1.54) is 23.1 Å². The molecule has 4 nitrogen and oxygen atoms in total. The van der Waals surface area contributed by atoms with Gasteiger partial charge in [-0.3, -0.25) is 4.68 Å². The average molecular weight is 252 g/mol. The minimum absolute atomic E-state index is 0.0991. The quantitative estimate of drug-likeness (QED) is 0.903. The van der Waals surface area contributed by atoms with Gasteiger partial charge in [-0.2, -0.15) is 5.10 Å². The summed E-state index contributed by atoms with van der Waals surface area (Å²) in [5.41, 5.74) is 6.14. The number of nitrogens with two attached hydrogens (primary N) is 1. The van der Waals surface area contributed by atoms with Crippen molar-refractivity contribution in [2.24, 2.45) is 12.8 Å². The van der Waals surface area contributed by atoms with Crippen molar-refractivity contribution in [3.63, 3.8) is 0 Å². The molecule has 1 aromatic heterocycles. The van der Waals surface area contributed by atoms with Crippen LogP contribution in [0.1, 0.15) is 23.0 Å². The molecule has 18 heavy (non-hydrogen) atoms. The van der Waals surface area contributed by atoms with E-state index in [0.717, 1.165) is 0 Å². The van der Waals surface area contributed by atoms with Crippen molar-refractivity contribution in [2.45, 2.75) is 19.4 Å². The van der Waals surface area contributed by atoms with Gasteiger partial charge < -0.3 is 5.73 Å². The lowest BCUT2D eigenvalue weighted by Gasteiger charge is -2.14. The highest BCUT2D eigenvalue weighted by molar-refractivity contribution is 5.29. The van der Waals surface area contributed by atoms with E-state index in [4.69, 9.17) is 5.73 Å². The van der Waals surface area contributed by atoms with Gasteiger partial charge in [0.1, 0.15) is 23.8 Å². The van der Waals surface area contributed by atoms with Crippen LogP contribution in [0.2, 0.25) is 0 Å². The lowest BCUT2D eigenvalue weighted by atomic mass is 10.0. The Labute approximate surface area is 103 Å². The van der Waals surface area contributed by atoms with Gasteiger partial charge >= 0.3 is 0 Å². The fourth-order valence-corrected chi connectivity index (χ4v) is 1.82. The Morgan fingerprint density at radius 2 is 2.11 bits per heavy atom. The molecule has 1 unspecified atom stereocenters. The lowest BCUT2D eigenvalue weighted by molar-refractivity contribution is 0.511. The minimum Gasteiger partial charge on any atom is -0.323 e. The molecule has 0 aliphatic rings. The van der Waals surface area contributed by atoms with Gasteiger partial charge in [-0.05, 0) is 18.6 Å². The third-order valence-corrected chi connectivity index (χ3v) is 2.90. The fourth-order valence-electron chi connectivity index (χ4n) is 1.82. The predicted octanol–water partition coefficient (Wildman–Crippen LogP) is 1.64. The number of hydrogen-bond donors (Lipinski definition) is 1. The molecule has 0 bridgehead atoms. The Balaban J connectivity index is 2.32. The van der Waals surface area contributed by atoms with Gasteiger partial charge in [0.25, 0.3) is 0 Å². The third-order valence-electron chi connectivity index (χ3n) is 2.90. The van der Waals surface area contributed by atoms with Crippen molar-refractivity contribution in [3.05, 3.63) is 47.0 Å². The highest BCUT2D eigenvalue weighted by Crippen LogP contribution is 2.23. The molecule has 96 valence electrons. The van der Waals surface area contributed by atoms with E-state index in [2.05, 4.69) is 10.1 Å². The molecule has 1 heterocycles. The normalized spacial score (nSPS) is 12.7. The molecule has 0 spiro atoms. The highest BCUT2D eigenvalue weighted by atomic mass is 19.1. The fraction of sp³-hybridized carbons (Fsp3) is 0.333. The number of hydrogen-bond acceptors (Lipinski definition) is 3. The lowest BCUT2D eigenvalue weighted by Crippen LogP contribution is -2.19. The van der Waals surface area contributed by atoms with E-state index in [1.54, 1.807) is 14.0 Å². The number of nitrogens with zero attached hydrogens (tertiary/aromatic N) is 3. The summed E-state index contributed by atoms with van der Waals surface area (Å²) in [6, 6.07) is 1.83. The van der Waals surface area contributed by atoms with Crippen LogP contribution in [0.15, 0.2) is 18.5 Å². The molecule has 0 aliphatic heterocycles. The van der Waals surface area contributed by atoms with Crippen LogP contribution in [0, 0.1) is 18.6 Å². The summed E-state index contributed by atoms with van der Waals surface area (Å²) in [5, 5.41) is 3.89. The maximum atomic E-state index is 13.9. The van der Waals surface area contributed by atoms with E-state index in [-0.39, 0.29) is 12.0 Å². The number of halogens is 2. The van der Waals surface area contributed by atoms with E-state index in [0.29, 0.717) is 11.4 Å². The number of benzene rings is 1. The van der Waals surface area contributed by atoms with Crippen molar-refractivity contribution in [1.29, 1.82) is 0 Å². The molecule has 0 fully saturated rings. The zero-order chi connectivity index (χ0) is 13.3. The molecule has 2 aromatic rings. The Bertz CT molecular complexity index is 565. The van der Waals surface area contributed by atoms with Crippen molar-refractivity contribution in [2.75, 3.05) is 0 Å². The topological polar surface area (TPSA) is 56.7 Å². The Kier molecular flexibility index (Phi) is 3.38. The molecular formula is C12H14F2N4. The molecule has 0 saturated heterocycles. The van der Waals surface area contributed by atoms with Crippen molar-refractivity contribution in [3.8, 4) is 0 Å². The van der Waals surface area contributed by atoms with E-state index in [9.17, 15) is 8.78 Å². The SMILES string of the molecule is Cc1ccc(F)c(C(N)Cc2ncnn2C)c1F. The van der Waals surface area contributed by atoms with Crippen LogP contribution in [0.25, 0.3) is 0 Å². The van der Waals surface area contributed by atoms with Crippen molar-refractivity contribution in [1.82, 2.24) is 14.8 Å². The second kappa shape index (κ2) is 4.81. The zero-order valence-corrected chi connectivity index (χ0v) is 10.2. The van der Waals surface area contributed by atoms with E-state index in [1.807, 2.05) is 0 Å². The standard InChI is InChI=1S/C12H14F2N4/c1-7-3-4-8(13)11(12(7)14)9(15)5-10-16-6-17-18(10)2/h3-4,6,9H,5,15H2,1-2H3. The summed E-state index contributed by atoms with van der Waals surface area (Å²) < 4.78 is 29.1. The monoisotopic (exact) mass is 252 g/mol. The zero-order valence-electron chi connectivity index (χ0n) is 10.2. The predicted molar refractivity (Wildman–Crippen MR) is 62.7 cm³/mol. The van der Waals surface area contributed by atoms with Crippen LogP contribution in [-0.2, 0) is 13.5 Å². The number of aryl methyl sites for hydroxylation is 2. The van der Waals surface area contributed by atoms with Crippen molar-refractivity contribution < 1.29 is 8.78 Å². The summed E-state index contributed by atoms with van der Waals surface area (Å²) in [6.07, 6.45) is 1.61. The van der Waals surface area contributed by atoms with Crippen LogP contribution in [0.3, 0.4) is 0 Å². The Morgan fingerprint density at radius 1 is 1.39 bits per heavy atom. The summed E-state index contributed by atoms with van der Waals surface area (Å²) >= 11 is 0. The second-order valence-electron chi connectivity index (χ2n) is 4.20. The first-order valence-corrected chi connectivity index (χ1v) is 5.53. The number of aromatic nitrogens is 3. The molecule has 0 saturated carbocycles. The minimum atomic E-state index is -0.784. The van der Waals surface area contributed by atoms with Gasteiger partial charge in [0.05, 0.1) is 0 Å². The first-order valence-electron chi connectivity index (χ1n) is 5.53. The van der Waals surface area contributed by atoms with Gasteiger partial charge in [-0.25, -0.2) is 13.8 Å². The first-order chi connectivity index (χ1) is 8.50.